The molecule has 1 unspecified atom stereocenters. The maximum Gasteiger partial charge on any atom is 0.191 e. The minimum atomic E-state index is -0.0704. The molecule has 0 saturated heterocycles. The summed E-state index contributed by atoms with van der Waals surface area (Å²) in [6, 6.07) is 9.79. The first-order valence-electron chi connectivity index (χ1n) is 9.21. The second-order valence-electron chi connectivity index (χ2n) is 6.19. The second-order valence-corrected chi connectivity index (χ2v) is 6.19. The van der Waals surface area contributed by atoms with E-state index in [2.05, 4.69) is 20.8 Å². The van der Waals surface area contributed by atoms with E-state index in [0.717, 1.165) is 40.4 Å². The average Bonchev–Trinajstić information content (AvgIpc) is 3.32. The van der Waals surface area contributed by atoms with Crippen LogP contribution in [0, 0.1) is 0 Å². The van der Waals surface area contributed by atoms with Crippen molar-refractivity contribution < 1.29 is 13.7 Å². The highest BCUT2D eigenvalue weighted by Gasteiger charge is 2.15. The molecule has 2 heterocycles. The van der Waals surface area contributed by atoms with Gasteiger partial charge in [-0.2, -0.15) is 0 Å². The van der Waals surface area contributed by atoms with Gasteiger partial charge in [-0.05, 0) is 32.4 Å². The molecule has 0 spiro atoms. The monoisotopic (exact) mass is 498 g/mol. The van der Waals surface area contributed by atoms with Crippen LogP contribution in [0.2, 0.25) is 0 Å². The molecule has 2 N–H and O–H groups in total. The third-order valence-electron chi connectivity index (χ3n) is 4.23. The highest BCUT2D eigenvalue weighted by molar-refractivity contribution is 14.0. The lowest BCUT2D eigenvalue weighted by Crippen LogP contribution is -2.38. The molecule has 1 atom stereocenters. The van der Waals surface area contributed by atoms with Crippen molar-refractivity contribution >= 4 is 40.9 Å². The topological polar surface area (TPSA) is 84.8 Å². The van der Waals surface area contributed by atoms with Crippen LogP contribution in [0.15, 0.2) is 44.3 Å². The minimum absolute atomic E-state index is 0. The number of halogens is 1. The van der Waals surface area contributed by atoms with Crippen molar-refractivity contribution in [3.63, 3.8) is 0 Å². The smallest absolute Gasteiger partial charge is 0.191 e. The minimum Gasteiger partial charge on any atom is -0.490 e. The van der Waals surface area contributed by atoms with Crippen LogP contribution < -0.4 is 15.4 Å². The van der Waals surface area contributed by atoms with Crippen molar-refractivity contribution in [2.45, 2.75) is 39.8 Å². The molecule has 0 aliphatic heterocycles. The molecule has 0 aliphatic carbocycles. The summed E-state index contributed by atoms with van der Waals surface area (Å²) in [6.07, 6.45) is 0.850. The summed E-state index contributed by atoms with van der Waals surface area (Å²) in [5.41, 5.74) is 1.70. The van der Waals surface area contributed by atoms with E-state index >= 15 is 0 Å². The first-order valence-corrected chi connectivity index (χ1v) is 9.21. The van der Waals surface area contributed by atoms with Crippen LogP contribution >= 0.6 is 24.0 Å². The van der Waals surface area contributed by atoms with Gasteiger partial charge in [-0.25, -0.2) is 0 Å². The van der Waals surface area contributed by atoms with Gasteiger partial charge in [0, 0.05) is 18.5 Å². The summed E-state index contributed by atoms with van der Waals surface area (Å²) < 4.78 is 17.0. The van der Waals surface area contributed by atoms with Crippen LogP contribution in [0.3, 0.4) is 0 Å². The number of aryl methyl sites for hydroxylation is 1. The zero-order valence-electron chi connectivity index (χ0n) is 16.6. The van der Waals surface area contributed by atoms with Crippen molar-refractivity contribution in [1.29, 1.82) is 0 Å². The van der Waals surface area contributed by atoms with E-state index in [0.29, 0.717) is 19.1 Å². The summed E-state index contributed by atoms with van der Waals surface area (Å²) in [6.45, 7) is 7.13. The van der Waals surface area contributed by atoms with Crippen LogP contribution in [0.5, 0.6) is 5.75 Å². The fourth-order valence-electron chi connectivity index (χ4n) is 2.79. The fourth-order valence-corrected chi connectivity index (χ4v) is 2.79. The molecule has 0 amide bonds. The number of hydrogen-bond donors (Lipinski definition) is 2. The van der Waals surface area contributed by atoms with E-state index in [1.165, 1.54) is 0 Å². The van der Waals surface area contributed by atoms with E-state index in [4.69, 9.17) is 13.7 Å². The number of furan rings is 1. The van der Waals surface area contributed by atoms with E-state index in [-0.39, 0.29) is 30.0 Å². The van der Waals surface area contributed by atoms with Crippen molar-refractivity contribution in [1.82, 2.24) is 15.8 Å². The highest BCUT2D eigenvalue weighted by Crippen LogP contribution is 2.31. The Kier molecular flexibility index (Phi) is 8.16. The van der Waals surface area contributed by atoms with Gasteiger partial charge in [-0.1, -0.05) is 24.2 Å². The SMILES string of the molecule is CCOc1cccc2cc(C(C)NC(=NC)NCc3cc(CC)no3)oc12.I. The summed E-state index contributed by atoms with van der Waals surface area (Å²) >= 11 is 0. The van der Waals surface area contributed by atoms with E-state index < -0.39 is 0 Å². The predicted octanol–water partition coefficient (Wildman–Crippen LogP) is 4.43. The third kappa shape index (κ3) is 5.18. The summed E-state index contributed by atoms with van der Waals surface area (Å²) in [5.74, 6) is 3.00. The lowest BCUT2D eigenvalue weighted by molar-refractivity contribution is 0.336. The fraction of sp³-hybridized carbons (Fsp3) is 0.400. The Morgan fingerprint density at radius 3 is 2.79 bits per heavy atom. The second kappa shape index (κ2) is 10.4. The number of para-hydroxylation sites is 1. The molecule has 3 rings (SSSR count). The molecular formula is C20H27IN4O3. The van der Waals surface area contributed by atoms with Crippen molar-refractivity contribution in [3.05, 3.63) is 47.5 Å². The first kappa shape index (κ1) is 22.1. The zero-order valence-corrected chi connectivity index (χ0v) is 18.9. The molecule has 0 bridgehead atoms. The van der Waals surface area contributed by atoms with E-state index in [1.807, 2.05) is 51.1 Å². The van der Waals surface area contributed by atoms with Crippen LogP contribution in [-0.4, -0.2) is 24.8 Å². The maximum atomic E-state index is 6.04. The Balaban J connectivity index is 0.00000280. The van der Waals surface area contributed by atoms with Crippen LogP contribution in [0.4, 0.5) is 0 Å². The molecule has 3 aromatic rings. The molecule has 0 radical (unpaired) electrons. The van der Waals surface area contributed by atoms with Crippen LogP contribution in [-0.2, 0) is 13.0 Å². The quantitative estimate of drug-likeness (QED) is 0.285. The van der Waals surface area contributed by atoms with Crippen molar-refractivity contribution in [3.8, 4) is 5.75 Å². The molecule has 0 fully saturated rings. The summed E-state index contributed by atoms with van der Waals surface area (Å²) in [4.78, 5) is 4.26. The van der Waals surface area contributed by atoms with Gasteiger partial charge in [0.1, 0.15) is 5.76 Å². The largest absolute Gasteiger partial charge is 0.490 e. The molecular weight excluding hydrogens is 471 g/mol. The average molecular weight is 498 g/mol. The third-order valence-corrected chi connectivity index (χ3v) is 4.23. The van der Waals surface area contributed by atoms with Gasteiger partial charge >= 0.3 is 0 Å². The molecule has 7 nitrogen and oxygen atoms in total. The normalized spacial score (nSPS) is 12.5. The zero-order chi connectivity index (χ0) is 19.2. The molecule has 0 aliphatic rings. The Hall–Kier alpha value is -2.23. The van der Waals surface area contributed by atoms with E-state index in [1.54, 1.807) is 7.05 Å². The van der Waals surface area contributed by atoms with Gasteiger partial charge < -0.3 is 24.3 Å². The van der Waals surface area contributed by atoms with Gasteiger partial charge in [0.25, 0.3) is 0 Å². The number of ether oxygens (including phenoxy) is 1. The van der Waals surface area contributed by atoms with E-state index in [9.17, 15) is 0 Å². The Morgan fingerprint density at radius 1 is 1.29 bits per heavy atom. The molecule has 152 valence electrons. The summed E-state index contributed by atoms with van der Waals surface area (Å²) in [7, 11) is 1.73. The number of rotatable bonds is 7. The maximum absolute atomic E-state index is 6.04. The Bertz CT molecular complexity index is 919. The first-order chi connectivity index (χ1) is 13.1. The van der Waals surface area contributed by atoms with Gasteiger partial charge in [0.05, 0.1) is 24.9 Å². The molecule has 28 heavy (non-hydrogen) atoms. The number of aliphatic imine (C=N–C) groups is 1. The van der Waals surface area contributed by atoms with Crippen LogP contribution in [0.1, 0.15) is 44.0 Å². The number of fused-ring (bicyclic) bond motifs is 1. The van der Waals surface area contributed by atoms with Gasteiger partial charge in [0.2, 0.25) is 0 Å². The molecule has 0 saturated carbocycles. The number of guanidine groups is 1. The van der Waals surface area contributed by atoms with Crippen molar-refractivity contribution in [2.24, 2.45) is 4.99 Å². The number of hydrogen-bond acceptors (Lipinski definition) is 5. The van der Waals surface area contributed by atoms with Gasteiger partial charge in [0.15, 0.2) is 23.1 Å². The molecule has 1 aromatic carbocycles. The highest BCUT2D eigenvalue weighted by atomic mass is 127. The Labute approximate surface area is 181 Å². The number of nitrogens with one attached hydrogen (secondary N) is 2. The molecule has 2 aromatic heterocycles. The summed E-state index contributed by atoms with van der Waals surface area (Å²) in [5, 5.41) is 11.6. The van der Waals surface area contributed by atoms with Gasteiger partial charge in [-0.3, -0.25) is 4.99 Å². The van der Waals surface area contributed by atoms with Gasteiger partial charge in [-0.15, -0.1) is 24.0 Å². The number of aromatic nitrogens is 1. The van der Waals surface area contributed by atoms with Crippen molar-refractivity contribution in [2.75, 3.05) is 13.7 Å². The lowest BCUT2D eigenvalue weighted by atomic mass is 10.2. The lowest BCUT2D eigenvalue weighted by Gasteiger charge is -2.15. The number of nitrogens with zero attached hydrogens (tertiary/aromatic N) is 2. The molecule has 8 heteroatoms. The standard InChI is InChI=1S/C20H26N4O3.HI/c1-5-15-11-16(27-24-15)12-22-20(21-4)23-13(3)18-10-14-8-7-9-17(25-6-2)19(14)26-18;/h7-11,13H,5-6,12H2,1-4H3,(H2,21,22,23);1H. The Morgan fingerprint density at radius 2 is 2.11 bits per heavy atom. The number of benzene rings is 1. The predicted molar refractivity (Wildman–Crippen MR) is 120 cm³/mol. The van der Waals surface area contributed by atoms with Crippen LogP contribution in [0.25, 0.3) is 11.0 Å².